The van der Waals surface area contributed by atoms with Gasteiger partial charge in [0.2, 0.25) is 0 Å². The normalized spacial score (nSPS) is 10.3. The van der Waals surface area contributed by atoms with Crippen molar-refractivity contribution in [2.24, 2.45) is 0 Å². The van der Waals surface area contributed by atoms with Crippen molar-refractivity contribution in [3.8, 4) is 5.75 Å². The lowest BCUT2D eigenvalue weighted by molar-refractivity contribution is 0.333. The molecule has 2 aromatic rings. The predicted molar refractivity (Wildman–Crippen MR) is 81.4 cm³/mol. The van der Waals surface area contributed by atoms with Gasteiger partial charge < -0.3 is 10.1 Å². The van der Waals surface area contributed by atoms with Crippen LogP contribution in [0.2, 0.25) is 5.02 Å². The van der Waals surface area contributed by atoms with Gasteiger partial charge in [0, 0.05) is 17.3 Å². The van der Waals surface area contributed by atoms with Gasteiger partial charge in [-0.2, -0.15) is 0 Å². The molecule has 0 aromatic heterocycles. The largest absolute Gasteiger partial charge is 0.492 e. The smallest absolute Gasteiger partial charge is 0.119 e. The molecule has 0 saturated carbocycles. The van der Waals surface area contributed by atoms with Gasteiger partial charge in [0.1, 0.15) is 12.4 Å². The summed E-state index contributed by atoms with van der Waals surface area (Å²) in [5.74, 6) is 0.840. The topological polar surface area (TPSA) is 21.3 Å². The van der Waals surface area contributed by atoms with Crippen molar-refractivity contribution >= 4 is 17.3 Å². The fourth-order valence-corrected chi connectivity index (χ4v) is 1.95. The third-order valence-electron chi connectivity index (χ3n) is 3.10. The van der Waals surface area contributed by atoms with Crippen LogP contribution in [-0.4, -0.2) is 13.2 Å². The van der Waals surface area contributed by atoms with Crippen molar-refractivity contribution in [3.05, 3.63) is 58.6 Å². The molecule has 0 radical (unpaired) electrons. The first kappa shape index (κ1) is 13.8. The number of ether oxygens (including phenoxy) is 1. The molecule has 0 amide bonds. The van der Waals surface area contributed by atoms with E-state index in [0.29, 0.717) is 6.61 Å². The van der Waals surface area contributed by atoms with Crippen LogP contribution in [0, 0.1) is 13.8 Å². The van der Waals surface area contributed by atoms with E-state index >= 15 is 0 Å². The third kappa shape index (κ3) is 3.90. The molecule has 2 nitrogen and oxygen atoms in total. The Morgan fingerprint density at radius 1 is 1.05 bits per heavy atom. The number of rotatable bonds is 5. The molecule has 0 aliphatic rings. The van der Waals surface area contributed by atoms with E-state index in [2.05, 4.69) is 37.4 Å². The molecule has 0 heterocycles. The summed E-state index contributed by atoms with van der Waals surface area (Å²) in [6, 6.07) is 13.7. The van der Waals surface area contributed by atoms with Gasteiger partial charge in [-0.25, -0.2) is 0 Å². The number of nitrogens with one attached hydrogen (secondary N) is 1. The van der Waals surface area contributed by atoms with Crippen LogP contribution >= 0.6 is 11.6 Å². The minimum atomic E-state index is 0.620. The van der Waals surface area contributed by atoms with Crippen molar-refractivity contribution in [1.82, 2.24) is 0 Å². The van der Waals surface area contributed by atoms with Gasteiger partial charge in [-0.3, -0.25) is 0 Å². The Labute approximate surface area is 119 Å². The van der Waals surface area contributed by atoms with E-state index in [-0.39, 0.29) is 0 Å². The minimum absolute atomic E-state index is 0.620. The van der Waals surface area contributed by atoms with E-state index in [9.17, 15) is 0 Å². The molecule has 0 aliphatic carbocycles. The minimum Gasteiger partial charge on any atom is -0.492 e. The maximum Gasteiger partial charge on any atom is 0.119 e. The molecular weight excluding hydrogens is 258 g/mol. The van der Waals surface area contributed by atoms with Crippen molar-refractivity contribution in [2.45, 2.75) is 13.8 Å². The zero-order chi connectivity index (χ0) is 13.7. The second-order valence-corrected chi connectivity index (χ2v) is 4.91. The first-order valence-electron chi connectivity index (χ1n) is 6.35. The summed E-state index contributed by atoms with van der Waals surface area (Å²) >= 11 is 5.82. The molecule has 0 atom stereocenters. The average molecular weight is 276 g/mol. The van der Waals surface area contributed by atoms with Crippen molar-refractivity contribution in [2.75, 3.05) is 18.5 Å². The Morgan fingerprint density at radius 2 is 1.79 bits per heavy atom. The summed E-state index contributed by atoms with van der Waals surface area (Å²) < 4.78 is 5.63. The van der Waals surface area contributed by atoms with Crippen LogP contribution in [0.4, 0.5) is 5.69 Å². The predicted octanol–water partition coefficient (Wildman–Crippen LogP) is 4.45. The van der Waals surface area contributed by atoms with Crippen LogP contribution in [0.25, 0.3) is 0 Å². The van der Waals surface area contributed by atoms with Crippen LogP contribution in [-0.2, 0) is 0 Å². The number of benzene rings is 2. The van der Waals surface area contributed by atoms with E-state index in [1.165, 1.54) is 16.8 Å². The van der Waals surface area contributed by atoms with E-state index < -0.39 is 0 Å². The molecule has 100 valence electrons. The molecule has 2 rings (SSSR count). The Hall–Kier alpha value is -1.67. The Balaban J connectivity index is 1.81. The second-order valence-electron chi connectivity index (χ2n) is 4.48. The first-order valence-corrected chi connectivity index (χ1v) is 6.73. The number of anilines is 1. The number of aryl methyl sites for hydroxylation is 1. The highest BCUT2D eigenvalue weighted by atomic mass is 35.5. The Bertz CT molecular complexity index is 537. The van der Waals surface area contributed by atoms with Crippen LogP contribution < -0.4 is 10.1 Å². The van der Waals surface area contributed by atoms with Gasteiger partial charge >= 0.3 is 0 Å². The molecule has 3 heteroatoms. The van der Waals surface area contributed by atoms with Crippen LogP contribution in [0.5, 0.6) is 5.75 Å². The molecule has 0 fully saturated rings. The molecule has 19 heavy (non-hydrogen) atoms. The summed E-state index contributed by atoms with van der Waals surface area (Å²) in [4.78, 5) is 0. The summed E-state index contributed by atoms with van der Waals surface area (Å²) in [5, 5.41) is 4.11. The van der Waals surface area contributed by atoms with Gasteiger partial charge in [-0.1, -0.05) is 23.7 Å². The van der Waals surface area contributed by atoms with Gasteiger partial charge in [-0.15, -0.1) is 0 Å². The van der Waals surface area contributed by atoms with Crippen molar-refractivity contribution in [3.63, 3.8) is 0 Å². The summed E-state index contributed by atoms with van der Waals surface area (Å²) in [6.07, 6.45) is 0. The van der Waals surface area contributed by atoms with Crippen LogP contribution in [0.3, 0.4) is 0 Å². The maximum atomic E-state index is 5.82. The molecule has 0 unspecified atom stereocenters. The maximum absolute atomic E-state index is 5.82. The first-order chi connectivity index (χ1) is 9.16. The Kier molecular flexibility index (Phi) is 4.69. The number of hydrogen-bond donors (Lipinski definition) is 1. The Morgan fingerprint density at radius 3 is 2.53 bits per heavy atom. The lowest BCUT2D eigenvalue weighted by Gasteiger charge is -2.12. The number of hydrogen-bond acceptors (Lipinski definition) is 2. The third-order valence-corrected chi connectivity index (χ3v) is 3.36. The van der Waals surface area contributed by atoms with E-state index in [0.717, 1.165) is 17.3 Å². The summed E-state index contributed by atoms with van der Waals surface area (Å²) in [5.41, 5.74) is 3.75. The highest BCUT2D eigenvalue weighted by Gasteiger charge is 1.99. The highest BCUT2D eigenvalue weighted by Crippen LogP contribution is 2.18. The van der Waals surface area contributed by atoms with Gasteiger partial charge in [-0.05, 0) is 55.3 Å². The second kappa shape index (κ2) is 6.48. The molecule has 0 aliphatic heterocycles. The molecule has 1 N–H and O–H groups in total. The molecule has 0 bridgehead atoms. The zero-order valence-electron chi connectivity index (χ0n) is 11.2. The molecule has 2 aromatic carbocycles. The van der Waals surface area contributed by atoms with E-state index in [1.807, 2.05) is 24.3 Å². The molecular formula is C16H18ClNO. The van der Waals surface area contributed by atoms with Crippen LogP contribution in [0.15, 0.2) is 42.5 Å². The van der Waals surface area contributed by atoms with Gasteiger partial charge in [0.25, 0.3) is 0 Å². The van der Waals surface area contributed by atoms with Gasteiger partial charge in [0.15, 0.2) is 0 Å². The van der Waals surface area contributed by atoms with E-state index in [4.69, 9.17) is 16.3 Å². The van der Waals surface area contributed by atoms with Crippen LogP contribution in [0.1, 0.15) is 11.1 Å². The number of halogens is 1. The average Bonchev–Trinajstić information content (AvgIpc) is 2.41. The summed E-state index contributed by atoms with van der Waals surface area (Å²) in [6.45, 7) is 5.63. The SMILES string of the molecule is Cc1cccc(NCCOc2ccc(Cl)cc2)c1C. The van der Waals surface area contributed by atoms with Crippen molar-refractivity contribution < 1.29 is 4.74 Å². The monoisotopic (exact) mass is 275 g/mol. The fourth-order valence-electron chi connectivity index (χ4n) is 1.83. The quantitative estimate of drug-likeness (QED) is 0.814. The highest BCUT2D eigenvalue weighted by molar-refractivity contribution is 6.30. The van der Waals surface area contributed by atoms with Crippen molar-refractivity contribution in [1.29, 1.82) is 0 Å². The lowest BCUT2D eigenvalue weighted by atomic mass is 10.1. The lowest BCUT2D eigenvalue weighted by Crippen LogP contribution is -2.12. The zero-order valence-corrected chi connectivity index (χ0v) is 12.0. The fraction of sp³-hybridized carbons (Fsp3) is 0.250. The summed E-state index contributed by atoms with van der Waals surface area (Å²) in [7, 11) is 0. The van der Waals surface area contributed by atoms with Gasteiger partial charge in [0.05, 0.1) is 0 Å². The standard InChI is InChI=1S/C16H18ClNO/c1-12-4-3-5-16(13(12)2)18-10-11-19-15-8-6-14(17)7-9-15/h3-9,18H,10-11H2,1-2H3. The van der Waals surface area contributed by atoms with E-state index in [1.54, 1.807) is 0 Å². The molecule has 0 saturated heterocycles. The molecule has 0 spiro atoms.